The number of carboxylic acids is 1. The molecule has 0 saturated heterocycles. The molecule has 1 aliphatic rings. The second-order valence-corrected chi connectivity index (χ2v) is 8.42. The van der Waals surface area contributed by atoms with E-state index in [0.717, 1.165) is 22.3 Å². The first-order valence-corrected chi connectivity index (χ1v) is 11.1. The fraction of sp³-hybridized carbons (Fsp3) is 0.280. The van der Waals surface area contributed by atoms with Crippen LogP contribution in [0.25, 0.3) is 11.1 Å². The van der Waals surface area contributed by atoms with E-state index in [1.807, 2.05) is 48.5 Å². The number of nitrogens with zero attached hydrogens (tertiary/aromatic N) is 2. The fourth-order valence-electron chi connectivity index (χ4n) is 4.27. The van der Waals surface area contributed by atoms with Gasteiger partial charge in [-0.25, -0.2) is 9.59 Å². The highest BCUT2D eigenvalue weighted by Gasteiger charge is 2.33. The van der Waals surface area contributed by atoms with Gasteiger partial charge in [0.2, 0.25) is 5.91 Å². The Morgan fingerprint density at radius 3 is 2.17 bits per heavy atom. The molecule has 10 heteroatoms. The third-order valence-electron chi connectivity index (χ3n) is 5.97. The minimum atomic E-state index is -1.55. The molecule has 2 aromatic carbocycles. The summed E-state index contributed by atoms with van der Waals surface area (Å²) >= 11 is 0. The molecule has 1 aromatic heterocycles. The first kappa shape index (κ1) is 24.0. The average molecular weight is 479 g/mol. The van der Waals surface area contributed by atoms with Crippen molar-refractivity contribution in [1.82, 2.24) is 20.4 Å². The Hall–Kier alpha value is -4.18. The van der Waals surface area contributed by atoms with E-state index in [4.69, 9.17) is 4.74 Å². The highest BCUT2D eigenvalue weighted by Crippen LogP contribution is 2.44. The molecule has 182 valence electrons. The van der Waals surface area contributed by atoms with Crippen molar-refractivity contribution in [1.29, 1.82) is 0 Å². The number of aromatic nitrogens is 2. The summed E-state index contributed by atoms with van der Waals surface area (Å²) in [5, 5.41) is 27.8. The maximum atomic E-state index is 12.9. The number of carbonyl (C=O) groups is 3. The molecule has 0 aliphatic heterocycles. The molecule has 0 fully saturated rings. The van der Waals surface area contributed by atoms with Crippen molar-refractivity contribution < 1.29 is 29.3 Å². The minimum absolute atomic E-state index is 0.0483. The fourth-order valence-corrected chi connectivity index (χ4v) is 4.27. The number of benzene rings is 2. The number of alkyl carbamates (subject to hydrolysis) is 1. The Bertz CT molecular complexity index is 1210. The van der Waals surface area contributed by atoms with Crippen LogP contribution in [0.5, 0.6) is 0 Å². The molecular weight excluding hydrogens is 452 g/mol. The Morgan fingerprint density at radius 1 is 1.06 bits per heavy atom. The predicted octanol–water partition coefficient (Wildman–Crippen LogP) is 1.95. The quantitative estimate of drug-likeness (QED) is 0.388. The number of hydrogen-bond acceptors (Lipinski definition) is 6. The second-order valence-electron chi connectivity index (χ2n) is 8.42. The van der Waals surface area contributed by atoms with Gasteiger partial charge in [0.25, 0.3) is 0 Å². The summed E-state index contributed by atoms with van der Waals surface area (Å²) in [4.78, 5) is 37.1. The maximum absolute atomic E-state index is 12.9. The lowest BCUT2D eigenvalue weighted by molar-refractivity contribution is -0.145. The van der Waals surface area contributed by atoms with Gasteiger partial charge in [0.15, 0.2) is 6.04 Å². The molecule has 4 N–H and O–H groups in total. The van der Waals surface area contributed by atoms with Gasteiger partial charge in [-0.05, 0) is 29.2 Å². The van der Waals surface area contributed by atoms with Crippen LogP contribution in [0.1, 0.15) is 35.6 Å². The van der Waals surface area contributed by atoms with E-state index in [-0.39, 0.29) is 12.5 Å². The second kappa shape index (κ2) is 9.98. The van der Waals surface area contributed by atoms with Crippen LogP contribution in [0, 0.1) is 0 Å². The zero-order chi connectivity index (χ0) is 25.1. The molecule has 0 saturated carbocycles. The molecule has 10 nitrogen and oxygen atoms in total. The molecule has 3 aromatic rings. The summed E-state index contributed by atoms with van der Waals surface area (Å²) in [7, 11) is 1.64. The smallest absolute Gasteiger partial charge is 0.408 e. The van der Waals surface area contributed by atoms with Crippen LogP contribution >= 0.6 is 0 Å². The van der Waals surface area contributed by atoms with Crippen LogP contribution in [-0.4, -0.2) is 56.7 Å². The summed E-state index contributed by atoms with van der Waals surface area (Å²) in [5.41, 5.74) is 4.59. The van der Waals surface area contributed by atoms with Gasteiger partial charge < -0.3 is 25.6 Å². The van der Waals surface area contributed by atoms with E-state index in [0.29, 0.717) is 5.56 Å². The van der Waals surface area contributed by atoms with Crippen molar-refractivity contribution >= 4 is 18.0 Å². The van der Waals surface area contributed by atoms with Crippen LogP contribution in [0.3, 0.4) is 0 Å². The standard InChI is InChI=1S/C25H26N4O6/c1-14(30)21(24(32)33)27-23(31)22(15-11-26-29(2)12-15)28-25(34)35-13-20-18-9-5-3-7-16(18)17-8-4-6-10-19(17)20/h3-12,14,20-22,30H,13H2,1-2H3,(H,27,31)(H,28,34)(H,32,33). The van der Waals surface area contributed by atoms with Gasteiger partial charge in [0.1, 0.15) is 12.6 Å². The molecule has 1 heterocycles. The number of nitrogens with one attached hydrogen (secondary N) is 2. The van der Waals surface area contributed by atoms with Crippen LogP contribution in [0.15, 0.2) is 60.9 Å². The lowest BCUT2D eigenvalue weighted by atomic mass is 9.98. The van der Waals surface area contributed by atoms with Gasteiger partial charge in [-0.1, -0.05) is 48.5 Å². The van der Waals surface area contributed by atoms with E-state index in [1.165, 1.54) is 24.0 Å². The Morgan fingerprint density at radius 2 is 1.66 bits per heavy atom. The zero-order valence-corrected chi connectivity index (χ0v) is 19.2. The summed E-state index contributed by atoms with van der Waals surface area (Å²) < 4.78 is 6.97. The van der Waals surface area contributed by atoms with E-state index < -0.39 is 36.2 Å². The number of fused-ring (bicyclic) bond motifs is 3. The Kier molecular flexibility index (Phi) is 6.83. The molecule has 1 aliphatic carbocycles. The van der Waals surface area contributed by atoms with Crippen molar-refractivity contribution in [3.8, 4) is 11.1 Å². The van der Waals surface area contributed by atoms with Gasteiger partial charge in [0.05, 0.1) is 12.3 Å². The number of aliphatic hydroxyl groups is 1. The highest BCUT2D eigenvalue weighted by molar-refractivity contribution is 5.90. The van der Waals surface area contributed by atoms with Crippen molar-refractivity contribution in [3.05, 3.63) is 77.6 Å². The molecule has 3 unspecified atom stereocenters. The van der Waals surface area contributed by atoms with E-state index >= 15 is 0 Å². The van der Waals surface area contributed by atoms with E-state index in [9.17, 15) is 24.6 Å². The predicted molar refractivity (Wildman–Crippen MR) is 125 cm³/mol. The molecule has 0 bridgehead atoms. The third-order valence-corrected chi connectivity index (χ3v) is 5.97. The number of carbonyl (C=O) groups excluding carboxylic acids is 2. The van der Waals surface area contributed by atoms with E-state index in [2.05, 4.69) is 15.7 Å². The first-order chi connectivity index (χ1) is 16.8. The molecule has 0 spiro atoms. The zero-order valence-electron chi connectivity index (χ0n) is 19.2. The minimum Gasteiger partial charge on any atom is -0.480 e. The van der Waals surface area contributed by atoms with Gasteiger partial charge in [0, 0.05) is 24.7 Å². The lowest BCUT2D eigenvalue weighted by Gasteiger charge is -2.22. The molecule has 35 heavy (non-hydrogen) atoms. The SMILES string of the molecule is CC(O)C(NC(=O)C(NC(=O)OCC1c2ccccc2-c2ccccc21)c1cnn(C)c1)C(=O)O. The van der Waals surface area contributed by atoms with Gasteiger partial charge in [-0.15, -0.1) is 0 Å². The average Bonchev–Trinajstić information content (AvgIpc) is 3.40. The van der Waals surface area contributed by atoms with Crippen molar-refractivity contribution in [3.63, 3.8) is 0 Å². The monoisotopic (exact) mass is 478 g/mol. The summed E-state index contributed by atoms with van der Waals surface area (Å²) in [6.45, 7) is 1.30. The largest absolute Gasteiger partial charge is 0.480 e. The van der Waals surface area contributed by atoms with Crippen molar-refractivity contribution in [2.45, 2.75) is 31.0 Å². The molecular formula is C25H26N4O6. The number of aliphatic carboxylic acids is 1. The number of aliphatic hydroxyl groups excluding tert-OH is 1. The third kappa shape index (κ3) is 5.02. The normalized spacial score (nSPS) is 14.8. The van der Waals surface area contributed by atoms with Crippen LogP contribution in [0.4, 0.5) is 4.79 Å². The number of amides is 2. The summed E-state index contributed by atoms with van der Waals surface area (Å²) in [6.07, 6.45) is 0.707. The van der Waals surface area contributed by atoms with Crippen molar-refractivity contribution in [2.75, 3.05) is 6.61 Å². The first-order valence-electron chi connectivity index (χ1n) is 11.1. The lowest BCUT2D eigenvalue weighted by Crippen LogP contribution is -2.51. The number of carboxylic acid groups (broad SMARTS) is 1. The summed E-state index contributed by atoms with van der Waals surface area (Å²) in [5.74, 6) is -2.38. The Balaban J connectivity index is 1.49. The molecule has 4 rings (SSSR count). The van der Waals surface area contributed by atoms with E-state index in [1.54, 1.807) is 7.05 Å². The number of hydrogen-bond donors (Lipinski definition) is 4. The number of aryl methyl sites for hydroxylation is 1. The van der Waals surface area contributed by atoms with Gasteiger partial charge >= 0.3 is 12.1 Å². The molecule has 2 amide bonds. The highest BCUT2D eigenvalue weighted by atomic mass is 16.5. The summed E-state index contributed by atoms with van der Waals surface area (Å²) in [6, 6.07) is 13.0. The maximum Gasteiger partial charge on any atom is 0.408 e. The molecule has 0 radical (unpaired) electrons. The van der Waals surface area contributed by atoms with Crippen LogP contribution < -0.4 is 10.6 Å². The van der Waals surface area contributed by atoms with Gasteiger partial charge in [-0.2, -0.15) is 5.10 Å². The van der Waals surface area contributed by atoms with Crippen LogP contribution in [-0.2, 0) is 21.4 Å². The number of rotatable bonds is 8. The topological polar surface area (TPSA) is 143 Å². The number of ether oxygens (including phenoxy) is 1. The van der Waals surface area contributed by atoms with Gasteiger partial charge in [-0.3, -0.25) is 9.48 Å². The Labute approximate surface area is 201 Å². The van der Waals surface area contributed by atoms with Crippen LogP contribution in [0.2, 0.25) is 0 Å². The van der Waals surface area contributed by atoms with Crippen molar-refractivity contribution in [2.24, 2.45) is 7.05 Å². The molecule has 3 atom stereocenters.